The number of likely N-dealkylation sites (N-methyl/N-ethyl adjacent to an activating group) is 1. The highest BCUT2D eigenvalue weighted by atomic mass is 16.5. The third-order valence-electron chi connectivity index (χ3n) is 1.33. The van der Waals surface area contributed by atoms with Gasteiger partial charge in [0.25, 0.3) is 11.8 Å². The number of hydrogen-bond donors (Lipinski definition) is 1. The molecule has 1 aromatic rings. The van der Waals surface area contributed by atoms with Crippen LogP contribution in [0.3, 0.4) is 0 Å². The SMILES string of the molecule is CCNC(=O)COc1cc(C)on1. The Balaban J connectivity index is 2.30. The van der Waals surface area contributed by atoms with E-state index in [4.69, 9.17) is 9.26 Å². The van der Waals surface area contributed by atoms with Crippen LogP contribution in [0.1, 0.15) is 12.7 Å². The van der Waals surface area contributed by atoms with Gasteiger partial charge in [-0.1, -0.05) is 0 Å². The number of aryl methyl sites for hydroxylation is 1. The standard InChI is InChI=1S/C8H12N2O3/c1-3-9-7(11)5-12-8-4-6(2)13-10-8/h4H,3,5H2,1-2H3,(H,9,11). The summed E-state index contributed by atoms with van der Waals surface area (Å²) in [4.78, 5) is 10.9. The Labute approximate surface area is 76.0 Å². The molecule has 1 heterocycles. The first-order chi connectivity index (χ1) is 6.22. The molecule has 1 N–H and O–H groups in total. The molecule has 0 saturated carbocycles. The number of amides is 1. The van der Waals surface area contributed by atoms with Crippen molar-refractivity contribution in [2.45, 2.75) is 13.8 Å². The number of ether oxygens (including phenoxy) is 1. The van der Waals surface area contributed by atoms with E-state index in [1.807, 2.05) is 6.92 Å². The van der Waals surface area contributed by atoms with Crippen molar-refractivity contribution < 1.29 is 14.1 Å². The average molecular weight is 184 g/mol. The zero-order chi connectivity index (χ0) is 9.68. The minimum absolute atomic E-state index is 0.0280. The number of rotatable bonds is 4. The lowest BCUT2D eigenvalue weighted by atomic mass is 10.5. The van der Waals surface area contributed by atoms with Crippen molar-refractivity contribution in [1.29, 1.82) is 0 Å². The van der Waals surface area contributed by atoms with Gasteiger partial charge in [-0.2, -0.15) is 0 Å². The molecule has 72 valence electrons. The molecule has 0 unspecified atom stereocenters. The van der Waals surface area contributed by atoms with Gasteiger partial charge in [-0.25, -0.2) is 0 Å². The van der Waals surface area contributed by atoms with Crippen LogP contribution in [0.5, 0.6) is 5.88 Å². The van der Waals surface area contributed by atoms with E-state index in [1.54, 1.807) is 13.0 Å². The van der Waals surface area contributed by atoms with Crippen LogP contribution in [-0.2, 0) is 4.79 Å². The van der Waals surface area contributed by atoms with E-state index >= 15 is 0 Å². The highest BCUT2D eigenvalue weighted by molar-refractivity contribution is 5.77. The van der Waals surface area contributed by atoms with Gasteiger partial charge in [0, 0.05) is 12.6 Å². The van der Waals surface area contributed by atoms with Crippen molar-refractivity contribution >= 4 is 5.91 Å². The zero-order valence-corrected chi connectivity index (χ0v) is 7.66. The number of nitrogens with zero attached hydrogens (tertiary/aromatic N) is 1. The summed E-state index contributed by atoms with van der Waals surface area (Å²) in [5.41, 5.74) is 0. The summed E-state index contributed by atoms with van der Waals surface area (Å²) in [5.74, 6) is 0.831. The van der Waals surface area contributed by atoms with E-state index in [2.05, 4.69) is 10.5 Å². The summed E-state index contributed by atoms with van der Waals surface area (Å²) in [7, 11) is 0. The molecule has 1 amide bonds. The van der Waals surface area contributed by atoms with Crippen molar-refractivity contribution in [2.75, 3.05) is 13.2 Å². The van der Waals surface area contributed by atoms with Crippen LogP contribution >= 0.6 is 0 Å². The average Bonchev–Trinajstić information content (AvgIpc) is 2.49. The maximum absolute atomic E-state index is 10.9. The molecule has 1 aromatic heterocycles. The van der Waals surface area contributed by atoms with Crippen molar-refractivity contribution in [2.24, 2.45) is 0 Å². The Morgan fingerprint density at radius 2 is 2.54 bits per heavy atom. The van der Waals surface area contributed by atoms with Gasteiger partial charge in [-0.05, 0) is 19.0 Å². The van der Waals surface area contributed by atoms with Gasteiger partial charge < -0.3 is 14.6 Å². The van der Waals surface area contributed by atoms with Crippen LogP contribution < -0.4 is 10.1 Å². The van der Waals surface area contributed by atoms with Crippen LogP contribution in [0, 0.1) is 6.92 Å². The molecule has 0 bridgehead atoms. The molecule has 0 aliphatic heterocycles. The smallest absolute Gasteiger partial charge is 0.257 e. The lowest BCUT2D eigenvalue weighted by molar-refractivity contribution is -0.123. The minimum atomic E-state index is -0.164. The second kappa shape index (κ2) is 4.49. The summed E-state index contributed by atoms with van der Waals surface area (Å²) >= 11 is 0. The topological polar surface area (TPSA) is 64.4 Å². The number of hydrogen-bond acceptors (Lipinski definition) is 4. The number of carbonyl (C=O) groups excluding carboxylic acids is 1. The summed E-state index contributed by atoms with van der Waals surface area (Å²) in [6.07, 6.45) is 0. The summed E-state index contributed by atoms with van der Waals surface area (Å²) in [5, 5.41) is 6.17. The fraction of sp³-hybridized carbons (Fsp3) is 0.500. The first-order valence-electron chi connectivity index (χ1n) is 4.05. The van der Waals surface area contributed by atoms with Crippen LogP contribution in [0.2, 0.25) is 0 Å². The Kier molecular flexibility index (Phi) is 3.31. The van der Waals surface area contributed by atoms with Crippen LogP contribution in [0.25, 0.3) is 0 Å². The lowest BCUT2D eigenvalue weighted by Crippen LogP contribution is -2.28. The van der Waals surface area contributed by atoms with E-state index in [-0.39, 0.29) is 12.5 Å². The van der Waals surface area contributed by atoms with Gasteiger partial charge in [0.05, 0.1) is 0 Å². The van der Waals surface area contributed by atoms with Gasteiger partial charge >= 0.3 is 0 Å². The predicted octanol–water partition coefficient (Wildman–Crippen LogP) is 0.498. The van der Waals surface area contributed by atoms with Crippen molar-refractivity contribution in [3.05, 3.63) is 11.8 Å². The first kappa shape index (κ1) is 9.57. The molecule has 1 rings (SSSR count). The molecule has 13 heavy (non-hydrogen) atoms. The van der Waals surface area contributed by atoms with E-state index in [1.165, 1.54) is 0 Å². The van der Waals surface area contributed by atoms with E-state index < -0.39 is 0 Å². The molecule has 5 nitrogen and oxygen atoms in total. The highest BCUT2D eigenvalue weighted by Crippen LogP contribution is 2.08. The second-order valence-corrected chi connectivity index (χ2v) is 2.52. The molecule has 0 aromatic carbocycles. The normalized spacial score (nSPS) is 9.69. The monoisotopic (exact) mass is 184 g/mol. The van der Waals surface area contributed by atoms with Gasteiger partial charge in [-0.15, -0.1) is 0 Å². The summed E-state index contributed by atoms with van der Waals surface area (Å²) in [6, 6.07) is 1.62. The van der Waals surface area contributed by atoms with E-state index in [0.717, 1.165) is 0 Å². The van der Waals surface area contributed by atoms with Gasteiger partial charge in [-0.3, -0.25) is 4.79 Å². The Morgan fingerprint density at radius 1 is 1.77 bits per heavy atom. The number of aromatic nitrogens is 1. The minimum Gasteiger partial charge on any atom is -0.465 e. The Bertz CT molecular complexity index is 283. The molecule has 0 fully saturated rings. The number of nitrogens with one attached hydrogen (secondary N) is 1. The zero-order valence-electron chi connectivity index (χ0n) is 7.66. The molecular formula is C8H12N2O3. The molecular weight excluding hydrogens is 172 g/mol. The van der Waals surface area contributed by atoms with E-state index in [0.29, 0.717) is 18.2 Å². The molecule has 0 radical (unpaired) electrons. The molecule has 0 spiro atoms. The largest absolute Gasteiger partial charge is 0.465 e. The fourth-order valence-electron chi connectivity index (χ4n) is 0.799. The molecule has 5 heteroatoms. The quantitative estimate of drug-likeness (QED) is 0.740. The van der Waals surface area contributed by atoms with Crippen molar-refractivity contribution in [3.8, 4) is 5.88 Å². The summed E-state index contributed by atoms with van der Waals surface area (Å²) < 4.78 is 9.77. The lowest BCUT2D eigenvalue weighted by Gasteiger charge is -2.01. The Morgan fingerprint density at radius 3 is 3.08 bits per heavy atom. The van der Waals surface area contributed by atoms with E-state index in [9.17, 15) is 4.79 Å². The first-order valence-corrected chi connectivity index (χ1v) is 4.05. The molecule has 0 aliphatic carbocycles. The van der Waals surface area contributed by atoms with Crippen LogP contribution in [-0.4, -0.2) is 24.2 Å². The maximum atomic E-state index is 10.9. The van der Waals surface area contributed by atoms with Gasteiger partial charge in [0.15, 0.2) is 6.61 Å². The third kappa shape index (κ3) is 3.14. The molecule has 0 saturated heterocycles. The maximum Gasteiger partial charge on any atom is 0.257 e. The Hall–Kier alpha value is -1.52. The molecule has 0 atom stereocenters. The third-order valence-corrected chi connectivity index (χ3v) is 1.33. The number of carbonyl (C=O) groups is 1. The van der Waals surface area contributed by atoms with Crippen molar-refractivity contribution in [3.63, 3.8) is 0 Å². The fourth-order valence-corrected chi connectivity index (χ4v) is 0.799. The summed E-state index contributed by atoms with van der Waals surface area (Å²) in [6.45, 7) is 4.17. The van der Waals surface area contributed by atoms with Gasteiger partial charge in [0.1, 0.15) is 5.76 Å². The van der Waals surface area contributed by atoms with Crippen LogP contribution in [0.4, 0.5) is 0 Å². The van der Waals surface area contributed by atoms with Crippen LogP contribution in [0.15, 0.2) is 10.6 Å². The van der Waals surface area contributed by atoms with Gasteiger partial charge in [0.2, 0.25) is 0 Å². The predicted molar refractivity (Wildman–Crippen MR) is 45.4 cm³/mol. The van der Waals surface area contributed by atoms with Crippen molar-refractivity contribution in [1.82, 2.24) is 10.5 Å². The second-order valence-electron chi connectivity index (χ2n) is 2.52. The highest BCUT2D eigenvalue weighted by Gasteiger charge is 2.04. The molecule has 0 aliphatic rings.